The molecular weight excluding hydrogens is 403 g/mol. The molecule has 0 fully saturated rings. The average molecular weight is 414 g/mol. The lowest BCUT2D eigenvalue weighted by atomic mass is 9.95. The van der Waals surface area contributed by atoms with Gasteiger partial charge in [0, 0.05) is 15.8 Å². The molecule has 0 N–H and O–H groups in total. The molecule has 1 nitrogen and oxygen atoms in total. The third kappa shape index (κ3) is 2.65. The Hall–Kier alpha value is -0.740. The number of carbonyl (C=O) groups is 1. The first kappa shape index (κ1) is 16.1. The Balaban J connectivity index is 2.53. The van der Waals surface area contributed by atoms with Crippen LogP contribution in [0, 0.1) is 0 Å². The quantitative estimate of drug-likeness (QED) is 0.208. The molecule has 0 bridgehead atoms. The van der Waals surface area contributed by atoms with E-state index in [1.165, 1.54) is 0 Å². The molecule has 3 rings (SSSR count). The molecule has 0 amide bonds. The minimum absolute atomic E-state index is 0.0276. The molecule has 0 unspecified atom stereocenters. The van der Waals surface area contributed by atoms with Gasteiger partial charge in [-0.15, -0.1) is 11.8 Å². The first-order valence-corrected chi connectivity index (χ1v) is 9.64. The van der Waals surface area contributed by atoms with Gasteiger partial charge in [0.25, 0.3) is 0 Å². The van der Waals surface area contributed by atoms with Gasteiger partial charge in [0.15, 0.2) is 5.78 Å². The second-order valence-electron chi connectivity index (χ2n) is 4.85. The largest absolute Gasteiger partial charge is 0.293 e. The number of benzene rings is 3. The van der Waals surface area contributed by atoms with Crippen molar-refractivity contribution in [1.82, 2.24) is 0 Å². The van der Waals surface area contributed by atoms with E-state index in [0.29, 0.717) is 15.6 Å². The number of hydrogen-bond donors (Lipinski definition) is 0. The predicted molar refractivity (Wildman–Crippen MR) is 101 cm³/mol. The van der Waals surface area contributed by atoms with Gasteiger partial charge in [-0.05, 0) is 46.7 Å². The van der Waals surface area contributed by atoms with Gasteiger partial charge in [-0.2, -0.15) is 0 Å². The zero-order valence-electron chi connectivity index (χ0n) is 11.6. The van der Waals surface area contributed by atoms with Crippen molar-refractivity contribution in [2.45, 2.75) is 4.90 Å². The summed E-state index contributed by atoms with van der Waals surface area (Å²) in [5, 5.41) is 4.93. The van der Waals surface area contributed by atoms with E-state index in [1.807, 2.05) is 24.5 Å². The van der Waals surface area contributed by atoms with E-state index in [2.05, 4.69) is 28.1 Å². The van der Waals surface area contributed by atoms with E-state index >= 15 is 0 Å². The predicted octanol–water partition coefficient (Wildman–Crippen LogP) is 6.60. The summed E-state index contributed by atoms with van der Waals surface area (Å²) in [4.78, 5) is 13.4. The molecule has 0 heterocycles. The first-order valence-electron chi connectivity index (χ1n) is 6.54. The van der Waals surface area contributed by atoms with Crippen LogP contribution in [0.4, 0.5) is 0 Å². The zero-order chi connectivity index (χ0) is 15.9. The standard InChI is InChI=1S/C17H11BrCl2OS/c1-22-10-2-3-11-9(6-10)7-13(15(21)8-18)12-4-5-14(19)17(20)16(11)12/h2-7H,8H2,1H3. The molecular formula is C17H11BrCl2OS. The van der Waals surface area contributed by atoms with Gasteiger partial charge in [-0.1, -0.05) is 51.3 Å². The average Bonchev–Trinajstić information content (AvgIpc) is 2.55. The number of Topliss-reactive ketones (excluding diaryl/α,β-unsaturated/α-hetero) is 1. The molecule has 0 saturated carbocycles. The van der Waals surface area contributed by atoms with Gasteiger partial charge >= 0.3 is 0 Å². The lowest BCUT2D eigenvalue weighted by Gasteiger charge is -2.12. The van der Waals surface area contributed by atoms with Crippen molar-refractivity contribution in [3.63, 3.8) is 0 Å². The van der Waals surface area contributed by atoms with Gasteiger partial charge < -0.3 is 0 Å². The lowest BCUT2D eigenvalue weighted by Crippen LogP contribution is -2.01. The molecule has 0 saturated heterocycles. The van der Waals surface area contributed by atoms with Gasteiger partial charge in [-0.25, -0.2) is 0 Å². The molecule has 0 aliphatic rings. The van der Waals surface area contributed by atoms with Crippen molar-refractivity contribution in [1.29, 1.82) is 0 Å². The Labute approximate surface area is 151 Å². The van der Waals surface area contributed by atoms with Gasteiger partial charge in [0.1, 0.15) is 0 Å². The van der Waals surface area contributed by atoms with E-state index in [-0.39, 0.29) is 11.1 Å². The van der Waals surface area contributed by atoms with Crippen molar-refractivity contribution in [3.05, 3.63) is 52.0 Å². The second kappa shape index (κ2) is 6.40. The third-order valence-electron chi connectivity index (χ3n) is 3.63. The van der Waals surface area contributed by atoms with Gasteiger partial charge in [-0.3, -0.25) is 4.79 Å². The summed E-state index contributed by atoms with van der Waals surface area (Å²) in [5.41, 5.74) is 0.663. The highest BCUT2D eigenvalue weighted by Gasteiger charge is 2.16. The number of fused-ring (bicyclic) bond motifs is 3. The molecule has 3 aromatic rings. The van der Waals surface area contributed by atoms with E-state index < -0.39 is 0 Å². The maximum Gasteiger partial charge on any atom is 0.174 e. The van der Waals surface area contributed by atoms with Crippen LogP contribution in [-0.2, 0) is 0 Å². The van der Waals surface area contributed by atoms with Crippen LogP contribution >= 0.6 is 50.9 Å². The molecule has 0 aliphatic carbocycles. The van der Waals surface area contributed by atoms with Gasteiger partial charge in [0.05, 0.1) is 15.4 Å². The number of alkyl halides is 1. The molecule has 0 radical (unpaired) electrons. The van der Waals surface area contributed by atoms with Crippen LogP contribution in [0.2, 0.25) is 10.0 Å². The second-order valence-corrected chi connectivity index (χ2v) is 7.08. The molecule has 0 aromatic heterocycles. The van der Waals surface area contributed by atoms with Crippen molar-refractivity contribution in [2.75, 3.05) is 11.6 Å². The number of thioether (sulfide) groups is 1. The highest BCUT2D eigenvalue weighted by molar-refractivity contribution is 9.09. The normalized spacial score (nSPS) is 11.3. The van der Waals surface area contributed by atoms with Crippen LogP contribution in [0.3, 0.4) is 0 Å². The third-order valence-corrected chi connectivity index (χ3v) is 5.67. The molecule has 3 aromatic carbocycles. The van der Waals surface area contributed by atoms with E-state index in [0.717, 1.165) is 26.4 Å². The summed E-state index contributed by atoms with van der Waals surface area (Å²) >= 11 is 17.5. The topological polar surface area (TPSA) is 17.1 Å². The Morgan fingerprint density at radius 1 is 1.14 bits per heavy atom. The Morgan fingerprint density at radius 2 is 1.86 bits per heavy atom. The van der Waals surface area contributed by atoms with Crippen molar-refractivity contribution in [2.24, 2.45) is 0 Å². The summed E-state index contributed by atoms with van der Waals surface area (Å²) in [6.07, 6.45) is 2.02. The summed E-state index contributed by atoms with van der Waals surface area (Å²) in [6, 6.07) is 11.7. The summed E-state index contributed by atoms with van der Waals surface area (Å²) in [6.45, 7) is 0. The maximum absolute atomic E-state index is 12.3. The fraction of sp³-hybridized carbons (Fsp3) is 0.118. The highest BCUT2D eigenvalue weighted by Crippen LogP contribution is 2.39. The monoisotopic (exact) mass is 412 g/mol. The SMILES string of the molecule is CSc1ccc2c(c1)cc(C(=O)CBr)c1ccc(Cl)c(Cl)c12. The number of hydrogen-bond acceptors (Lipinski definition) is 2. The number of ketones is 1. The van der Waals surface area contributed by atoms with E-state index in [1.54, 1.807) is 17.8 Å². The summed E-state index contributed by atoms with van der Waals surface area (Å²) in [7, 11) is 0. The Kier molecular flexibility index (Phi) is 4.69. The van der Waals surface area contributed by atoms with Crippen molar-refractivity contribution in [3.8, 4) is 0 Å². The zero-order valence-corrected chi connectivity index (χ0v) is 15.5. The molecule has 5 heteroatoms. The maximum atomic E-state index is 12.3. The van der Waals surface area contributed by atoms with Crippen LogP contribution in [0.25, 0.3) is 21.5 Å². The Bertz CT molecular complexity index is 908. The summed E-state index contributed by atoms with van der Waals surface area (Å²) < 4.78 is 0. The number of rotatable bonds is 3. The van der Waals surface area contributed by atoms with Crippen molar-refractivity contribution < 1.29 is 4.79 Å². The van der Waals surface area contributed by atoms with Crippen LogP contribution < -0.4 is 0 Å². The fourth-order valence-corrected chi connectivity index (χ4v) is 3.76. The first-order chi connectivity index (χ1) is 10.6. The van der Waals surface area contributed by atoms with Crippen molar-refractivity contribution >= 4 is 78.2 Å². The van der Waals surface area contributed by atoms with Gasteiger partial charge in [0.2, 0.25) is 0 Å². The molecule has 0 atom stereocenters. The molecule has 22 heavy (non-hydrogen) atoms. The van der Waals surface area contributed by atoms with Crippen LogP contribution in [-0.4, -0.2) is 17.4 Å². The minimum atomic E-state index is 0.0276. The number of carbonyl (C=O) groups excluding carboxylic acids is 1. The number of halogens is 3. The lowest BCUT2D eigenvalue weighted by molar-refractivity contribution is 0.102. The van der Waals surface area contributed by atoms with E-state index in [4.69, 9.17) is 23.2 Å². The fourth-order valence-electron chi connectivity index (χ4n) is 2.59. The smallest absolute Gasteiger partial charge is 0.174 e. The van der Waals surface area contributed by atoms with Crippen LogP contribution in [0.15, 0.2) is 41.3 Å². The van der Waals surface area contributed by atoms with Crippen LogP contribution in [0.1, 0.15) is 10.4 Å². The molecule has 112 valence electrons. The highest BCUT2D eigenvalue weighted by atomic mass is 79.9. The summed E-state index contributed by atoms with van der Waals surface area (Å²) in [5.74, 6) is 0.0276. The minimum Gasteiger partial charge on any atom is -0.293 e. The molecule has 0 spiro atoms. The van der Waals surface area contributed by atoms with E-state index in [9.17, 15) is 4.79 Å². The Morgan fingerprint density at radius 3 is 2.55 bits per heavy atom. The molecule has 0 aliphatic heterocycles. The van der Waals surface area contributed by atoms with Crippen LogP contribution in [0.5, 0.6) is 0 Å².